The molecule has 0 heterocycles. The summed E-state index contributed by atoms with van der Waals surface area (Å²) in [5.41, 5.74) is 0.856. The van der Waals surface area contributed by atoms with Gasteiger partial charge in [-0.1, -0.05) is 19.3 Å². The van der Waals surface area contributed by atoms with Crippen LogP contribution in [-0.2, 0) is 4.79 Å². The summed E-state index contributed by atoms with van der Waals surface area (Å²) < 4.78 is 5.37. The van der Waals surface area contributed by atoms with E-state index in [4.69, 9.17) is 4.74 Å². The van der Waals surface area contributed by atoms with Gasteiger partial charge >= 0.3 is 0 Å². The maximum atomic E-state index is 12.0. The van der Waals surface area contributed by atoms with Crippen molar-refractivity contribution in [3.63, 3.8) is 0 Å². The molecule has 0 atom stereocenters. The summed E-state index contributed by atoms with van der Waals surface area (Å²) in [6, 6.07) is 7.57. The van der Waals surface area contributed by atoms with Gasteiger partial charge in [-0.05, 0) is 44.0 Å². The molecule has 3 heteroatoms. The second kappa shape index (κ2) is 6.43. The molecular formula is C15H21NO2. The van der Waals surface area contributed by atoms with Gasteiger partial charge in [0.25, 0.3) is 0 Å². The van der Waals surface area contributed by atoms with Crippen molar-refractivity contribution in [1.82, 2.24) is 0 Å². The van der Waals surface area contributed by atoms with Crippen LogP contribution in [0.5, 0.6) is 5.75 Å². The van der Waals surface area contributed by atoms with Crippen molar-refractivity contribution in [1.29, 1.82) is 0 Å². The molecule has 1 aromatic carbocycles. The third-order valence-corrected chi connectivity index (χ3v) is 3.41. The summed E-state index contributed by atoms with van der Waals surface area (Å²) in [4.78, 5) is 12.0. The summed E-state index contributed by atoms with van der Waals surface area (Å²) in [7, 11) is 0. The highest BCUT2D eigenvalue weighted by Crippen LogP contribution is 2.25. The van der Waals surface area contributed by atoms with Crippen molar-refractivity contribution in [2.24, 2.45) is 5.92 Å². The van der Waals surface area contributed by atoms with Gasteiger partial charge in [0.05, 0.1) is 6.61 Å². The van der Waals surface area contributed by atoms with Crippen LogP contribution in [0.15, 0.2) is 24.3 Å². The minimum Gasteiger partial charge on any atom is -0.494 e. The summed E-state index contributed by atoms with van der Waals surface area (Å²) >= 11 is 0. The normalized spacial score (nSPS) is 16.3. The molecule has 1 N–H and O–H groups in total. The molecule has 3 nitrogen and oxygen atoms in total. The Balaban J connectivity index is 1.89. The molecule has 0 unspecified atom stereocenters. The van der Waals surface area contributed by atoms with Crippen LogP contribution in [0.1, 0.15) is 39.0 Å². The first-order valence-electron chi connectivity index (χ1n) is 6.83. The van der Waals surface area contributed by atoms with Crippen LogP contribution in [0.4, 0.5) is 5.69 Å². The molecule has 0 radical (unpaired) electrons. The van der Waals surface area contributed by atoms with E-state index in [1.807, 2.05) is 31.2 Å². The first kappa shape index (κ1) is 12.9. The molecule has 98 valence electrons. The largest absolute Gasteiger partial charge is 0.494 e. The molecule has 1 amide bonds. The molecule has 1 aliphatic rings. The third-order valence-electron chi connectivity index (χ3n) is 3.41. The fraction of sp³-hybridized carbons (Fsp3) is 0.533. The zero-order valence-corrected chi connectivity index (χ0v) is 10.9. The van der Waals surface area contributed by atoms with Gasteiger partial charge in [-0.25, -0.2) is 0 Å². The van der Waals surface area contributed by atoms with Gasteiger partial charge in [0.1, 0.15) is 5.75 Å². The number of nitrogens with one attached hydrogen (secondary N) is 1. The standard InChI is InChI=1S/C15H21NO2/c1-2-18-14-10-8-13(9-11-14)16-15(17)12-6-4-3-5-7-12/h8-12H,2-7H2,1H3,(H,16,17). The summed E-state index contributed by atoms with van der Waals surface area (Å²) in [5.74, 6) is 1.21. The second-order valence-corrected chi connectivity index (χ2v) is 4.78. The smallest absolute Gasteiger partial charge is 0.227 e. The molecule has 0 bridgehead atoms. The lowest BCUT2D eigenvalue weighted by molar-refractivity contribution is -0.120. The van der Waals surface area contributed by atoms with E-state index in [1.165, 1.54) is 19.3 Å². The Hall–Kier alpha value is -1.51. The van der Waals surface area contributed by atoms with E-state index in [-0.39, 0.29) is 11.8 Å². The first-order valence-corrected chi connectivity index (χ1v) is 6.83. The number of carbonyl (C=O) groups excluding carboxylic acids is 1. The molecular weight excluding hydrogens is 226 g/mol. The number of benzene rings is 1. The van der Waals surface area contributed by atoms with E-state index in [9.17, 15) is 4.79 Å². The van der Waals surface area contributed by atoms with Gasteiger partial charge in [0.15, 0.2) is 0 Å². The molecule has 0 saturated heterocycles. The summed E-state index contributed by atoms with van der Waals surface area (Å²) in [6.45, 7) is 2.62. The summed E-state index contributed by atoms with van der Waals surface area (Å²) in [6.07, 6.45) is 5.70. The molecule has 1 aliphatic carbocycles. The van der Waals surface area contributed by atoms with E-state index in [1.54, 1.807) is 0 Å². The van der Waals surface area contributed by atoms with E-state index >= 15 is 0 Å². The van der Waals surface area contributed by atoms with Gasteiger partial charge in [0.2, 0.25) is 5.91 Å². The van der Waals surface area contributed by atoms with Crippen molar-refractivity contribution < 1.29 is 9.53 Å². The average Bonchev–Trinajstić information content (AvgIpc) is 2.42. The van der Waals surface area contributed by atoms with Crippen LogP contribution in [0.2, 0.25) is 0 Å². The first-order chi connectivity index (χ1) is 8.79. The minimum atomic E-state index is 0.166. The van der Waals surface area contributed by atoms with Gasteiger partial charge in [-0.3, -0.25) is 4.79 Å². The maximum Gasteiger partial charge on any atom is 0.227 e. The van der Waals surface area contributed by atoms with Crippen LogP contribution in [-0.4, -0.2) is 12.5 Å². The lowest BCUT2D eigenvalue weighted by atomic mass is 9.88. The Morgan fingerprint density at radius 3 is 2.50 bits per heavy atom. The number of carbonyl (C=O) groups is 1. The fourth-order valence-electron chi connectivity index (χ4n) is 2.41. The third kappa shape index (κ3) is 3.49. The fourth-order valence-corrected chi connectivity index (χ4v) is 2.41. The van der Waals surface area contributed by atoms with E-state index in [0.717, 1.165) is 24.3 Å². The number of rotatable bonds is 4. The Bertz CT molecular complexity index is 380. The predicted molar refractivity (Wildman–Crippen MR) is 72.8 cm³/mol. The lowest BCUT2D eigenvalue weighted by Gasteiger charge is -2.20. The van der Waals surface area contributed by atoms with E-state index in [0.29, 0.717) is 6.61 Å². The minimum absolute atomic E-state index is 0.166. The highest BCUT2D eigenvalue weighted by atomic mass is 16.5. The molecule has 0 aromatic heterocycles. The molecule has 1 saturated carbocycles. The number of anilines is 1. The van der Waals surface area contributed by atoms with Gasteiger partial charge in [-0.2, -0.15) is 0 Å². The quantitative estimate of drug-likeness (QED) is 0.882. The van der Waals surface area contributed by atoms with Crippen LogP contribution in [0, 0.1) is 5.92 Å². The number of hydrogen-bond donors (Lipinski definition) is 1. The zero-order chi connectivity index (χ0) is 12.8. The van der Waals surface area contributed by atoms with Crippen molar-refractivity contribution in [3.8, 4) is 5.75 Å². The second-order valence-electron chi connectivity index (χ2n) is 4.78. The average molecular weight is 247 g/mol. The highest BCUT2D eigenvalue weighted by Gasteiger charge is 2.20. The maximum absolute atomic E-state index is 12.0. The Kier molecular flexibility index (Phi) is 4.62. The van der Waals surface area contributed by atoms with Gasteiger partial charge in [0, 0.05) is 11.6 Å². The summed E-state index contributed by atoms with van der Waals surface area (Å²) in [5, 5.41) is 2.99. The monoisotopic (exact) mass is 247 g/mol. The number of ether oxygens (including phenoxy) is 1. The lowest BCUT2D eigenvalue weighted by Crippen LogP contribution is -2.24. The van der Waals surface area contributed by atoms with Crippen LogP contribution < -0.4 is 10.1 Å². The van der Waals surface area contributed by atoms with E-state index in [2.05, 4.69) is 5.32 Å². The molecule has 2 rings (SSSR count). The van der Waals surface area contributed by atoms with E-state index < -0.39 is 0 Å². The van der Waals surface area contributed by atoms with Gasteiger partial charge in [-0.15, -0.1) is 0 Å². The topological polar surface area (TPSA) is 38.3 Å². The Morgan fingerprint density at radius 2 is 1.89 bits per heavy atom. The molecule has 1 fully saturated rings. The Morgan fingerprint density at radius 1 is 1.22 bits per heavy atom. The van der Waals surface area contributed by atoms with Crippen molar-refractivity contribution in [2.45, 2.75) is 39.0 Å². The van der Waals surface area contributed by atoms with Crippen LogP contribution in [0.3, 0.4) is 0 Å². The van der Waals surface area contributed by atoms with Crippen LogP contribution in [0.25, 0.3) is 0 Å². The zero-order valence-electron chi connectivity index (χ0n) is 10.9. The number of hydrogen-bond acceptors (Lipinski definition) is 2. The Labute approximate surface area is 109 Å². The predicted octanol–water partition coefficient (Wildman–Crippen LogP) is 3.60. The van der Waals surface area contributed by atoms with Gasteiger partial charge < -0.3 is 10.1 Å². The SMILES string of the molecule is CCOc1ccc(NC(=O)C2CCCCC2)cc1. The molecule has 1 aromatic rings. The van der Waals surface area contributed by atoms with Crippen molar-refractivity contribution >= 4 is 11.6 Å². The number of amides is 1. The van der Waals surface area contributed by atoms with Crippen molar-refractivity contribution in [3.05, 3.63) is 24.3 Å². The molecule has 18 heavy (non-hydrogen) atoms. The molecule has 0 spiro atoms. The molecule has 0 aliphatic heterocycles. The van der Waals surface area contributed by atoms with Crippen molar-refractivity contribution in [2.75, 3.05) is 11.9 Å². The highest BCUT2D eigenvalue weighted by molar-refractivity contribution is 5.92. The van der Waals surface area contributed by atoms with Crippen LogP contribution >= 0.6 is 0 Å².